The average molecular weight is 353 g/mol. The van der Waals surface area contributed by atoms with Gasteiger partial charge in [0.25, 0.3) is 5.91 Å². The fourth-order valence-corrected chi connectivity index (χ4v) is 2.55. The topological polar surface area (TPSA) is 50.4 Å². The normalized spacial score (nSPS) is 19.4. The van der Waals surface area contributed by atoms with E-state index in [1.54, 1.807) is 0 Å². The molecular weight excluding hydrogens is 333 g/mol. The van der Waals surface area contributed by atoms with E-state index in [2.05, 4.69) is 15.4 Å². The summed E-state index contributed by atoms with van der Waals surface area (Å²) in [6, 6.07) is 5.04. The number of piperidine rings is 1. The molecule has 0 bridgehead atoms. The van der Waals surface area contributed by atoms with Crippen LogP contribution in [0.25, 0.3) is 0 Å². The SMILES string of the molecule is CC(NC(=O)c1cccc(OC(F)(F)F)c1)C1CCCNC1.Cl. The molecule has 2 rings (SSSR count). The van der Waals surface area contributed by atoms with Gasteiger partial charge in [-0.05, 0) is 57.0 Å². The monoisotopic (exact) mass is 352 g/mol. The van der Waals surface area contributed by atoms with Gasteiger partial charge in [0.15, 0.2) is 0 Å². The van der Waals surface area contributed by atoms with E-state index in [1.165, 1.54) is 18.2 Å². The molecule has 2 atom stereocenters. The molecule has 1 aliphatic heterocycles. The van der Waals surface area contributed by atoms with E-state index in [1.807, 2.05) is 6.92 Å². The van der Waals surface area contributed by atoms with Crippen LogP contribution in [0.3, 0.4) is 0 Å². The van der Waals surface area contributed by atoms with Crippen LogP contribution in [0.4, 0.5) is 13.2 Å². The Hall–Kier alpha value is -1.47. The van der Waals surface area contributed by atoms with Crippen molar-refractivity contribution in [3.05, 3.63) is 29.8 Å². The van der Waals surface area contributed by atoms with E-state index < -0.39 is 18.0 Å². The number of hydrogen-bond donors (Lipinski definition) is 2. The van der Waals surface area contributed by atoms with E-state index in [9.17, 15) is 18.0 Å². The number of nitrogens with one attached hydrogen (secondary N) is 2. The lowest BCUT2D eigenvalue weighted by Gasteiger charge is -2.29. The Bertz CT molecular complexity index is 520. The van der Waals surface area contributed by atoms with Crippen molar-refractivity contribution in [3.8, 4) is 5.75 Å². The summed E-state index contributed by atoms with van der Waals surface area (Å²) in [5, 5.41) is 6.11. The minimum Gasteiger partial charge on any atom is -0.406 e. The number of ether oxygens (including phenoxy) is 1. The van der Waals surface area contributed by atoms with Crippen LogP contribution < -0.4 is 15.4 Å². The zero-order chi connectivity index (χ0) is 16.2. The summed E-state index contributed by atoms with van der Waals surface area (Å²) >= 11 is 0. The number of alkyl halides is 3. The second-order valence-corrected chi connectivity index (χ2v) is 5.44. The van der Waals surface area contributed by atoms with Gasteiger partial charge in [-0.1, -0.05) is 6.07 Å². The summed E-state index contributed by atoms with van der Waals surface area (Å²) in [4.78, 5) is 12.1. The van der Waals surface area contributed by atoms with Gasteiger partial charge in [-0.15, -0.1) is 25.6 Å². The van der Waals surface area contributed by atoms with Crippen molar-refractivity contribution < 1.29 is 22.7 Å². The van der Waals surface area contributed by atoms with E-state index >= 15 is 0 Å². The molecule has 0 radical (unpaired) electrons. The smallest absolute Gasteiger partial charge is 0.406 e. The molecule has 0 aromatic heterocycles. The molecular formula is C15H20ClF3N2O2. The molecule has 1 heterocycles. The molecule has 1 aliphatic rings. The lowest BCUT2D eigenvalue weighted by molar-refractivity contribution is -0.274. The molecule has 1 aromatic carbocycles. The van der Waals surface area contributed by atoms with Crippen LogP contribution in [-0.2, 0) is 0 Å². The van der Waals surface area contributed by atoms with E-state index in [-0.39, 0.29) is 24.0 Å². The first kappa shape index (κ1) is 19.6. The fraction of sp³-hybridized carbons (Fsp3) is 0.533. The second-order valence-electron chi connectivity index (χ2n) is 5.44. The Kier molecular flexibility index (Phi) is 7.15. The van der Waals surface area contributed by atoms with Crippen molar-refractivity contribution in [2.24, 2.45) is 5.92 Å². The summed E-state index contributed by atoms with van der Waals surface area (Å²) in [5.41, 5.74) is 0.150. The number of amides is 1. The lowest BCUT2D eigenvalue weighted by Crippen LogP contribution is -2.44. The maximum atomic E-state index is 12.2. The van der Waals surface area contributed by atoms with Gasteiger partial charge in [-0.25, -0.2) is 0 Å². The van der Waals surface area contributed by atoms with Crippen molar-refractivity contribution in [3.63, 3.8) is 0 Å². The molecule has 0 spiro atoms. The summed E-state index contributed by atoms with van der Waals surface area (Å²) in [6.07, 6.45) is -2.69. The summed E-state index contributed by atoms with van der Waals surface area (Å²) in [6.45, 7) is 3.72. The zero-order valence-corrected chi connectivity index (χ0v) is 13.5. The van der Waals surface area contributed by atoms with Gasteiger partial charge in [0, 0.05) is 11.6 Å². The van der Waals surface area contributed by atoms with E-state index in [4.69, 9.17) is 0 Å². The first-order valence-electron chi connectivity index (χ1n) is 7.22. The van der Waals surface area contributed by atoms with Crippen LogP contribution in [0.1, 0.15) is 30.1 Å². The Morgan fingerprint density at radius 1 is 1.43 bits per heavy atom. The van der Waals surface area contributed by atoms with Crippen LogP contribution in [0.2, 0.25) is 0 Å². The van der Waals surface area contributed by atoms with Gasteiger partial charge in [0.2, 0.25) is 0 Å². The number of carbonyl (C=O) groups is 1. The van der Waals surface area contributed by atoms with Gasteiger partial charge in [0.1, 0.15) is 5.75 Å². The number of halogens is 4. The van der Waals surface area contributed by atoms with Crippen molar-refractivity contribution in [1.82, 2.24) is 10.6 Å². The van der Waals surface area contributed by atoms with Crippen LogP contribution in [0.15, 0.2) is 24.3 Å². The van der Waals surface area contributed by atoms with Crippen LogP contribution >= 0.6 is 12.4 Å². The maximum absolute atomic E-state index is 12.2. The fourth-order valence-electron chi connectivity index (χ4n) is 2.55. The van der Waals surface area contributed by atoms with Crippen LogP contribution in [-0.4, -0.2) is 31.4 Å². The molecule has 23 heavy (non-hydrogen) atoms. The average Bonchev–Trinajstić information content (AvgIpc) is 2.46. The van der Waals surface area contributed by atoms with Crippen molar-refractivity contribution in [2.75, 3.05) is 13.1 Å². The molecule has 1 fully saturated rings. The third kappa shape index (κ3) is 6.27. The number of rotatable bonds is 4. The second kappa shape index (κ2) is 8.40. The molecule has 1 amide bonds. The minimum atomic E-state index is -4.77. The summed E-state index contributed by atoms with van der Waals surface area (Å²) < 4.78 is 40.4. The number of benzene rings is 1. The molecule has 4 nitrogen and oxygen atoms in total. The van der Waals surface area contributed by atoms with Crippen molar-refractivity contribution >= 4 is 18.3 Å². The van der Waals surface area contributed by atoms with E-state index in [0.717, 1.165) is 32.0 Å². The standard InChI is InChI=1S/C15H19F3N2O2.ClH/c1-10(12-5-3-7-19-9-12)20-14(21)11-4-2-6-13(8-11)22-15(16,17)18;/h2,4,6,8,10,12,19H,3,5,7,9H2,1H3,(H,20,21);1H. The predicted molar refractivity (Wildman–Crippen MR) is 82.9 cm³/mol. The summed E-state index contributed by atoms with van der Waals surface area (Å²) in [7, 11) is 0. The predicted octanol–water partition coefficient (Wildman–Crippen LogP) is 3.12. The zero-order valence-electron chi connectivity index (χ0n) is 12.7. The molecule has 8 heteroatoms. The highest BCUT2D eigenvalue weighted by Crippen LogP contribution is 2.23. The lowest BCUT2D eigenvalue weighted by atomic mass is 9.92. The molecule has 1 aromatic rings. The maximum Gasteiger partial charge on any atom is 0.573 e. The first-order chi connectivity index (χ1) is 10.3. The minimum absolute atomic E-state index is 0. The van der Waals surface area contributed by atoms with Crippen LogP contribution in [0, 0.1) is 5.92 Å². The first-order valence-corrected chi connectivity index (χ1v) is 7.22. The largest absolute Gasteiger partial charge is 0.573 e. The summed E-state index contributed by atoms with van der Waals surface area (Å²) in [5.74, 6) is -0.467. The number of carbonyl (C=O) groups excluding carboxylic acids is 1. The Morgan fingerprint density at radius 2 is 2.17 bits per heavy atom. The highest BCUT2D eigenvalue weighted by molar-refractivity contribution is 5.94. The third-order valence-electron chi connectivity index (χ3n) is 3.73. The number of hydrogen-bond acceptors (Lipinski definition) is 3. The highest BCUT2D eigenvalue weighted by Gasteiger charge is 2.31. The quantitative estimate of drug-likeness (QED) is 0.875. The van der Waals surface area contributed by atoms with Crippen molar-refractivity contribution in [1.29, 1.82) is 0 Å². The molecule has 0 saturated carbocycles. The van der Waals surface area contributed by atoms with Gasteiger partial charge in [-0.2, -0.15) is 0 Å². The van der Waals surface area contributed by atoms with E-state index in [0.29, 0.717) is 5.92 Å². The van der Waals surface area contributed by atoms with Gasteiger partial charge < -0.3 is 15.4 Å². The molecule has 130 valence electrons. The third-order valence-corrected chi connectivity index (χ3v) is 3.73. The van der Waals surface area contributed by atoms with Crippen molar-refractivity contribution in [2.45, 2.75) is 32.2 Å². The Balaban J connectivity index is 0.00000264. The van der Waals surface area contributed by atoms with Crippen LogP contribution in [0.5, 0.6) is 5.75 Å². The van der Waals surface area contributed by atoms with Gasteiger partial charge in [-0.3, -0.25) is 4.79 Å². The van der Waals surface area contributed by atoms with Gasteiger partial charge in [0.05, 0.1) is 0 Å². The molecule has 2 unspecified atom stereocenters. The molecule has 0 aliphatic carbocycles. The molecule has 1 saturated heterocycles. The highest BCUT2D eigenvalue weighted by atomic mass is 35.5. The molecule has 2 N–H and O–H groups in total. The Morgan fingerprint density at radius 3 is 2.78 bits per heavy atom. The van der Waals surface area contributed by atoms with Gasteiger partial charge >= 0.3 is 6.36 Å². The Labute approximate surface area is 139 Å².